The molecule has 0 atom stereocenters. The van der Waals surface area contributed by atoms with E-state index >= 15 is 0 Å². The van der Waals surface area contributed by atoms with Crippen molar-refractivity contribution in [2.45, 2.75) is 9.24 Å². The van der Waals surface area contributed by atoms with E-state index in [-0.39, 0.29) is 27.4 Å². The van der Waals surface area contributed by atoms with Gasteiger partial charge in [-0.2, -0.15) is 5.26 Å². The van der Waals surface area contributed by atoms with Gasteiger partial charge in [0.1, 0.15) is 11.6 Å². The summed E-state index contributed by atoms with van der Waals surface area (Å²) in [4.78, 5) is 38.8. The maximum atomic E-state index is 12.5. The second-order valence-corrected chi connectivity index (χ2v) is 9.86. The van der Waals surface area contributed by atoms with Gasteiger partial charge in [-0.1, -0.05) is 29.4 Å². The van der Waals surface area contributed by atoms with Crippen molar-refractivity contribution in [3.05, 3.63) is 97.1 Å². The van der Waals surface area contributed by atoms with Crippen molar-refractivity contribution in [1.82, 2.24) is 4.98 Å². The third kappa shape index (κ3) is 5.66. The number of anilines is 1. The summed E-state index contributed by atoms with van der Waals surface area (Å²) in [5, 5.41) is 35.2. The molecule has 36 heavy (non-hydrogen) atoms. The van der Waals surface area contributed by atoms with Crippen molar-refractivity contribution < 1.29 is 14.6 Å². The maximum absolute atomic E-state index is 12.5. The van der Waals surface area contributed by atoms with Crippen LogP contribution in [0.4, 0.5) is 17.1 Å². The molecule has 3 aromatic carbocycles. The fourth-order valence-corrected chi connectivity index (χ4v) is 5.31. The van der Waals surface area contributed by atoms with E-state index in [9.17, 15) is 30.3 Å². The van der Waals surface area contributed by atoms with Crippen molar-refractivity contribution in [3.63, 3.8) is 0 Å². The molecule has 0 bridgehead atoms. The predicted molar refractivity (Wildman–Crippen MR) is 137 cm³/mol. The third-order valence-corrected chi connectivity index (χ3v) is 7.11. The second kappa shape index (κ2) is 10.5. The molecule has 0 fully saturated rings. The molecule has 0 saturated heterocycles. The molecular formula is C23H12ClN5O5S2. The highest BCUT2D eigenvalue weighted by atomic mass is 35.5. The summed E-state index contributed by atoms with van der Waals surface area (Å²) in [6.07, 6.45) is 1.25. The van der Waals surface area contributed by atoms with Gasteiger partial charge in [-0.15, -0.1) is 11.3 Å². The van der Waals surface area contributed by atoms with Gasteiger partial charge in [-0.05, 0) is 48.0 Å². The summed E-state index contributed by atoms with van der Waals surface area (Å²) in [7, 11) is 0. The van der Waals surface area contributed by atoms with Crippen LogP contribution in [0, 0.1) is 31.6 Å². The SMILES string of the molecule is N#C/C(=C\c1ccc(Sc2nc3ccc([N+](=O)[O-])cc3s2)c([N+](=O)[O-])c1)C(=O)Nc1ccc(Cl)cc1. The number of nitro benzene ring substituents is 2. The minimum atomic E-state index is -0.676. The fourth-order valence-electron chi connectivity index (χ4n) is 3.04. The Bertz CT molecular complexity index is 1590. The summed E-state index contributed by atoms with van der Waals surface area (Å²) in [6.45, 7) is 0. The zero-order chi connectivity index (χ0) is 25.8. The lowest BCUT2D eigenvalue weighted by Crippen LogP contribution is -2.13. The van der Waals surface area contributed by atoms with E-state index in [0.29, 0.717) is 25.3 Å². The van der Waals surface area contributed by atoms with Crippen molar-refractivity contribution >= 4 is 74.0 Å². The van der Waals surface area contributed by atoms with Crippen LogP contribution in [-0.2, 0) is 4.79 Å². The first kappa shape index (κ1) is 24.8. The number of nitriles is 1. The molecule has 178 valence electrons. The summed E-state index contributed by atoms with van der Waals surface area (Å²) >= 11 is 8.05. The average molecular weight is 538 g/mol. The number of carbonyl (C=O) groups excluding carboxylic acids is 1. The van der Waals surface area contributed by atoms with E-state index < -0.39 is 15.8 Å². The standard InChI is InChI=1S/C23H12ClN5O5S2/c24-15-2-4-16(5-3-15)26-22(30)14(12-25)9-13-1-8-20(19(10-13)29(33)34)35-23-27-18-7-6-17(28(31)32)11-21(18)36-23/h1-11H,(H,26,30)/b14-9+. The summed E-state index contributed by atoms with van der Waals surface area (Å²) in [5.41, 5.74) is 0.707. The maximum Gasteiger partial charge on any atom is 0.283 e. The van der Waals surface area contributed by atoms with E-state index in [0.717, 1.165) is 11.8 Å². The number of hydrogen-bond acceptors (Lipinski definition) is 9. The molecule has 4 rings (SSSR count). The Morgan fingerprint density at radius 1 is 1.08 bits per heavy atom. The van der Waals surface area contributed by atoms with Crippen molar-refractivity contribution in [2.24, 2.45) is 0 Å². The topological polar surface area (TPSA) is 152 Å². The Morgan fingerprint density at radius 3 is 2.50 bits per heavy atom. The number of nitrogens with one attached hydrogen (secondary N) is 1. The summed E-state index contributed by atoms with van der Waals surface area (Å²) in [5.74, 6) is -0.676. The van der Waals surface area contributed by atoms with E-state index in [1.54, 1.807) is 36.4 Å². The van der Waals surface area contributed by atoms with Crippen LogP contribution in [0.5, 0.6) is 0 Å². The van der Waals surface area contributed by atoms with Crippen LogP contribution in [0.25, 0.3) is 16.3 Å². The molecule has 4 aromatic rings. The monoisotopic (exact) mass is 537 g/mol. The minimum Gasteiger partial charge on any atom is -0.321 e. The number of fused-ring (bicyclic) bond motifs is 1. The number of thiazole rings is 1. The van der Waals surface area contributed by atoms with Crippen LogP contribution in [0.15, 0.2) is 75.5 Å². The van der Waals surface area contributed by atoms with Gasteiger partial charge in [0.25, 0.3) is 17.3 Å². The molecule has 0 aliphatic rings. The lowest BCUT2D eigenvalue weighted by Gasteiger charge is -2.05. The number of halogens is 1. The highest BCUT2D eigenvalue weighted by Gasteiger charge is 2.19. The number of nitrogens with zero attached hydrogens (tertiary/aromatic N) is 4. The number of amides is 1. The first-order valence-corrected chi connectivity index (χ1v) is 11.9. The van der Waals surface area contributed by atoms with Crippen molar-refractivity contribution in [3.8, 4) is 6.07 Å². The molecular weight excluding hydrogens is 526 g/mol. The molecule has 10 nitrogen and oxygen atoms in total. The molecule has 1 N–H and O–H groups in total. The number of benzene rings is 3. The number of carbonyl (C=O) groups is 1. The van der Waals surface area contributed by atoms with Crippen LogP contribution < -0.4 is 5.32 Å². The van der Waals surface area contributed by atoms with Gasteiger partial charge in [0.15, 0.2) is 4.34 Å². The summed E-state index contributed by atoms with van der Waals surface area (Å²) in [6, 6.07) is 16.7. The van der Waals surface area contributed by atoms with Crippen LogP contribution in [-0.4, -0.2) is 20.7 Å². The summed E-state index contributed by atoms with van der Waals surface area (Å²) < 4.78 is 1.05. The first-order valence-electron chi connectivity index (χ1n) is 9.93. The second-order valence-electron chi connectivity index (χ2n) is 7.11. The zero-order valence-electron chi connectivity index (χ0n) is 17.9. The Balaban J connectivity index is 1.59. The lowest BCUT2D eigenvalue weighted by atomic mass is 10.1. The largest absolute Gasteiger partial charge is 0.321 e. The quantitative estimate of drug-likeness (QED) is 0.122. The molecule has 1 amide bonds. The Labute approximate surface area is 216 Å². The molecule has 1 aromatic heterocycles. The van der Waals surface area contributed by atoms with E-state index in [4.69, 9.17) is 11.6 Å². The van der Waals surface area contributed by atoms with Crippen LogP contribution in [0.3, 0.4) is 0 Å². The predicted octanol–water partition coefficient (Wildman–Crippen LogP) is 6.46. The fraction of sp³-hybridized carbons (Fsp3) is 0. The highest BCUT2D eigenvalue weighted by Crippen LogP contribution is 2.40. The van der Waals surface area contributed by atoms with Crippen molar-refractivity contribution in [1.29, 1.82) is 5.26 Å². The molecule has 0 aliphatic carbocycles. The van der Waals surface area contributed by atoms with Gasteiger partial charge in [0.2, 0.25) is 0 Å². The lowest BCUT2D eigenvalue weighted by molar-refractivity contribution is -0.387. The van der Waals surface area contributed by atoms with Crippen LogP contribution in [0.1, 0.15) is 5.56 Å². The number of rotatable bonds is 7. The van der Waals surface area contributed by atoms with E-state index in [2.05, 4.69) is 10.3 Å². The van der Waals surface area contributed by atoms with Gasteiger partial charge in [0, 0.05) is 28.9 Å². The van der Waals surface area contributed by atoms with Gasteiger partial charge >= 0.3 is 0 Å². The molecule has 0 unspecified atom stereocenters. The van der Waals surface area contributed by atoms with Crippen LogP contribution in [0.2, 0.25) is 5.02 Å². The molecule has 0 spiro atoms. The average Bonchev–Trinajstić information content (AvgIpc) is 3.26. The Morgan fingerprint density at radius 2 is 1.83 bits per heavy atom. The van der Waals surface area contributed by atoms with E-state index in [1.165, 1.54) is 47.7 Å². The number of hydrogen-bond donors (Lipinski definition) is 1. The third-order valence-electron chi connectivity index (χ3n) is 4.72. The first-order chi connectivity index (χ1) is 17.2. The molecule has 0 aliphatic heterocycles. The Kier molecular flexibility index (Phi) is 7.25. The number of non-ortho nitro benzene ring substituents is 1. The normalized spacial score (nSPS) is 11.2. The van der Waals surface area contributed by atoms with Gasteiger partial charge in [0.05, 0.1) is 25.0 Å². The van der Waals surface area contributed by atoms with E-state index in [1.807, 2.05) is 0 Å². The van der Waals surface area contributed by atoms with Gasteiger partial charge in [-0.25, -0.2) is 4.98 Å². The number of nitro groups is 2. The van der Waals surface area contributed by atoms with Gasteiger partial charge in [-0.3, -0.25) is 25.0 Å². The number of aromatic nitrogens is 1. The molecule has 13 heteroatoms. The molecule has 1 heterocycles. The smallest absolute Gasteiger partial charge is 0.283 e. The molecule has 0 saturated carbocycles. The highest BCUT2D eigenvalue weighted by molar-refractivity contribution is 8.01. The van der Waals surface area contributed by atoms with Crippen molar-refractivity contribution in [2.75, 3.05) is 5.32 Å². The molecule has 0 radical (unpaired) electrons. The minimum absolute atomic E-state index is 0.0711. The Hall–Kier alpha value is -4.31. The van der Waals surface area contributed by atoms with Gasteiger partial charge < -0.3 is 5.32 Å². The van der Waals surface area contributed by atoms with Crippen LogP contribution >= 0.6 is 34.7 Å². The zero-order valence-corrected chi connectivity index (χ0v) is 20.3.